The van der Waals surface area contributed by atoms with Gasteiger partial charge in [-0.25, -0.2) is 0 Å². The Bertz CT molecular complexity index is 465. The first kappa shape index (κ1) is 11.4. The highest BCUT2D eigenvalue weighted by molar-refractivity contribution is 5.50. The minimum atomic E-state index is 0.471. The largest absolute Gasteiger partial charge is 0.288 e. The zero-order chi connectivity index (χ0) is 11.9. The van der Waals surface area contributed by atoms with Crippen molar-refractivity contribution in [1.82, 2.24) is 0 Å². The van der Waals surface area contributed by atoms with Crippen LogP contribution in [-0.4, -0.2) is 11.8 Å². The molecule has 2 heteroatoms. The molecule has 2 aromatic rings. The highest BCUT2D eigenvalue weighted by atomic mass is 16.5. The second kappa shape index (κ2) is 5.87. The fraction of sp³-hybridized carbons (Fsp3) is 0.0667. The highest BCUT2D eigenvalue weighted by Crippen LogP contribution is 2.10. The second-order valence-corrected chi connectivity index (χ2v) is 3.73. The Morgan fingerprint density at radius 1 is 0.882 bits per heavy atom. The molecule has 0 saturated carbocycles. The third-order valence-electron chi connectivity index (χ3n) is 2.44. The summed E-state index contributed by atoms with van der Waals surface area (Å²) in [5, 5.41) is 11.0. The Morgan fingerprint density at radius 2 is 1.47 bits per heavy atom. The molecule has 0 amide bonds. The van der Waals surface area contributed by atoms with Crippen molar-refractivity contribution < 1.29 is 5.21 Å². The van der Waals surface area contributed by atoms with Gasteiger partial charge in [-0.2, -0.15) is 0 Å². The minimum absolute atomic E-state index is 0.471. The van der Waals surface area contributed by atoms with Crippen molar-refractivity contribution in [2.24, 2.45) is 0 Å². The van der Waals surface area contributed by atoms with Crippen LogP contribution in [0.5, 0.6) is 0 Å². The number of rotatable bonds is 4. The Hall–Kier alpha value is -2.06. The first-order chi connectivity index (χ1) is 8.36. The minimum Gasteiger partial charge on any atom is -0.288 e. The van der Waals surface area contributed by atoms with E-state index in [0.29, 0.717) is 6.54 Å². The number of hydrogen-bond acceptors (Lipinski definition) is 2. The zero-order valence-electron chi connectivity index (χ0n) is 9.53. The van der Waals surface area contributed by atoms with Crippen molar-refractivity contribution in [2.45, 2.75) is 0 Å². The first-order valence-corrected chi connectivity index (χ1v) is 5.59. The van der Waals surface area contributed by atoms with Gasteiger partial charge in [0.2, 0.25) is 0 Å². The van der Waals surface area contributed by atoms with Crippen molar-refractivity contribution in [2.75, 3.05) is 11.6 Å². The normalized spacial score (nSPS) is 10.6. The van der Waals surface area contributed by atoms with Gasteiger partial charge in [-0.05, 0) is 17.7 Å². The van der Waals surface area contributed by atoms with Crippen LogP contribution in [0.2, 0.25) is 0 Å². The molecule has 0 fully saturated rings. The van der Waals surface area contributed by atoms with Crippen LogP contribution in [0, 0.1) is 0 Å². The fourth-order valence-electron chi connectivity index (χ4n) is 1.56. The van der Waals surface area contributed by atoms with E-state index in [2.05, 4.69) is 0 Å². The summed E-state index contributed by atoms with van der Waals surface area (Å²) in [6.07, 6.45) is 3.93. The van der Waals surface area contributed by atoms with Gasteiger partial charge in [0.05, 0.1) is 12.2 Å². The molecule has 86 valence electrons. The standard InChI is InChI=1S/C15H15NO/c17-16(15-11-5-2-6-12-15)13-7-10-14-8-3-1-4-9-14/h1-12,17H,13H2. The van der Waals surface area contributed by atoms with E-state index >= 15 is 0 Å². The van der Waals surface area contributed by atoms with Crippen molar-refractivity contribution in [3.63, 3.8) is 0 Å². The monoisotopic (exact) mass is 225 g/mol. The predicted molar refractivity (Wildman–Crippen MR) is 71.1 cm³/mol. The summed E-state index contributed by atoms with van der Waals surface area (Å²) in [5.74, 6) is 0. The number of anilines is 1. The molecular formula is C15H15NO. The van der Waals surface area contributed by atoms with Gasteiger partial charge in [-0.1, -0.05) is 60.7 Å². The van der Waals surface area contributed by atoms with Gasteiger partial charge in [0.25, 0.3) is 0 Å². The lowest BCUT2D eigenvalue weighted by Gasteiger charge is -2.14. The van der Waals surface area contributed by atoms with Crippen molar-refractivity contribution in [3.8, 4) is 0 Å². The van der Waals surface area contributed by atoms with E-state index in [1.54, 1.807) is 0 Å². The number of benzene rings is 2. The molecule has 2 nitrogen and oxygen atoms in total. The average Bonchev–Trinajstić information content (AvgIpc) is 2.41. The third-order valence-corrected chi connectivity index (χ3v) is 2.44. The van der Waals surface area contributed by atoms with Gasteiger partial charge >= 0.3 is 0 Å². The van der Waals surface area contributed by atoms with Crippen LogP contribution in [-0.2, 0) is 0 Å². The highest BCUT2D eigenvalue weighted by Gasteiger charge is 1.97. The van der Waals surface area contributed by atoms with E-state index in [-0.39, 0.29) is 0 Å². The Morgan fingerprint density at radius 3 is 2.12 bits per heavy atom. The van der Waals surface area contributed by atoms with E-state index in [0.717, 1.165) is 11.3 Å². The maximum Gasteiger partial charge on any atom is 0.0637 e. The van der Waals surface area contributed by atoms with Gasteiger partial charge in [-0.3, -0.25) is 10.3 Å². The molecule has 17 heavy (non-hydrogen) atoms. The summed E-state index contributed by atoms with van der Waals surface area (Å²) in [5.41, 5.74) is 1.93. The predicted octanol–water partition coefficient (Wildman–Crippen LogP) is 3.60. The second-order valence-electron chi connectivity index (χ2n) is 3.73. The SMILES string of the molecule is ON(CC=Cc1ccccc1)c1ccccc1. The van der Waals surface area contributed by atoms with Gasteiger partial charge in [0.1, 0.15) is 0 Å². The summed E-state index contributed by atoms with van der Waals surface area (Å²) in [4.78, 5) is 0. The summed E-state index contributed by atoms with van der Waals surface area (Å²) in [6.45, 7) is 0.471. The smallest absolute Gasteiger partial charge is 0.0637 e. The van der Waals surface area contributed by atoms with Gasteiger partial charge in [-0.15, -0.1) is 0 Å². The number of nitrogens with zero attached hydrogens (tertiary/aromatic N) is 1. The van der Waals surface area contributed by atoms with Crippen LogP contribution in [0.25, 0.3) is 6.08 Å². The molecule has 0 unspecified atom stereocenters. The molecule has 0 aliphatic rings. The quantitative estimate of drug-likeness (QED) is 0.804. The summed E-state index contributed by atoms with van der Waals surface area (Å²) in [6, 6.07) is 19.5. The Labute approximate surface area is 101 Å². The van der Waals surface area contributed by atoms with Crippen LogP contribution in [0.3, 0.4) is 0 Å². The van der Waals surface area contributed by atoms with E-state index in [1.807, 2.05) is 72.8 Å². The molecule has 1 N–H and O–H groups in total. The molecule has 0 radical (unpaired) electrons. The van der Waals surface area contributed by atoms with E-state index in [4.69, 9.17) is 0 Å². The molecule has 2 aromatic carbocycles. The van der Waals surface area contributed by atoms with Crippen molar-refractivity contribution in [1.29, 1.82) is 0 Å². The van der Waals surface area contributed by atoms with Gasteiger partial charge in [0.15, 0.2) is 0 Å². The van der Waals surface area contributed by atoms with Gasteiger partial charge in [0, 0.05) is 0 Å². The molecule has 0 heterocycles. The molecule has 0 atom stereocenters. The molecule has 0 aliphatic heterocycles. The Balaban J connectivity index is 1.93. The number of hydrogen-bond donors (Lipinski definition) is 1. The lowest BCUT2D eigenvalue weighted by molar-refractivity contribution is 0.266. The fourth-order valence-corrected chi connectivity index (χ4v) is 1.56. The van der Waals surface area contributed by atoms with Crippen LogP contribution >= 0.6 is 0 Å². The first-order valence-electron chi connectivity index (χ1n) is 5.59. The summed E-state index contributed by atoms with van der Waals surface area (Å²) in [7, 11) is 0. The number of para-hydroxylation sites is 1. The lowest BCUT2D eigenvalue weighted by Crippen LogP contribution is -2.17. The third kappa shape index (κ3) is 3.47. The molecule has 0 aliphatic carbocycles. The van der Waals surface area contributed by atoms with Gasteiger partial charge < -0.3 is 0 Å². The molecule has 0 bridgehead atoms. The van der Waals surface area contributed by atoms with Crippen LogP contribution in [0.15, 0.2) is 66.7 Å². The summed E-state index contributed by atoms with van der Waals surface area (Å²) < 4.78 is 0. The number of hydroxylamine groups is 1. The average molecular weight is 225 g/mol. The molecule has 0 saturated heterocycles. The van der Waals surface area contributed by atoms with E-state index < -0.39 is 0 Å². The van der Waals surface area contributed by atoms with E-state index in [9.17, 15) is 5.21 Å². The zero-order valence-corrected chi connectivity index (χ0v) is 9.53. The Kier molecular flexibility index (Phi) is 3.95. The maximum atomic E-state index is 9.78. The topological polar surface area (TPSA) is 23.5 Å². The maximum absolute atomic E-state index is 9.78. The molecule has 0 aromatic heterocycles. The van der Waals surface area contributed by atoms with Crippen LogP contribution in [0.1, 0.15) is 5.56 Å². The van der Waals surface area contributed by atoms with E-state index in [1.165, 1.54) is 5.06 Å². The molecular weight excluding hydrogens is 210 g/mol. The summed E-state index contributed by atoms with van der Waals surface area (Å²) >= 11 is 0. The van der Waals surface area contributed by atoms with Crippen molar-refractivity contribution in [3.05, 3.63) is 72.3 Å². The van der Waals surface area contributed by atoms with Crippen LogP contribution < -0.4 is 5.06 Å². The lowest BCUT2D eigenvalue weighted by atomic mass is 10.2. The molecule has 0 spiro atoms. The molecule has 2 rings (SSSR count). The van der Waals surface area contributed by atoms with Crippen molar-refractivity contribution >= 4 is 11.8 Å². The van der Waals surface area contributed by atoms with Crippen LogP contribution in [0.4, 0.5) is 5.69 Å².